The van der Waals surface area contributed by atoms with Crippen molar-refractivity contribution in [3.8, 4) is 5.75 Å². The number of ether oxygens (including phenoxy) is 3. The van der Waals surface area contributed by atoms with Crippen LogP contribution in [0.1, 0.15) is 6.42 Å². The van der Waals surface area contributed by atoms with Gasteiger partial charge in [-0.2, -0.15) is 4.31 Å². The smallest absolute Gasteiger partial charge is 0.324 e. The van der Waals surface area contributed by atoms with Crippen molar-refractivity contribution in [3.63, 3.8) is 0 Å². The van der Waals surface area contributed by atoms with E-state index in [2.05, 4.69) is 6.58 Å². The van der Waals surface area contributed by atoms with Crippen molar-refractivity contribution in [2.75, 3.05) is 34.0 Å². The van der Waals surface area contributed by atoms with Crippen LogP contribution in [0, 0.1) is 0 Å². The van der Waals surface area contributed by atoms with Crippen molar-refractivity contribution in [2.45, 2.75) is 17.4 Å². The average Bonchev–Trinajstić information content (AvgIpc) is 2.97. The maximum absolute atomic E-state index is 12.8. The summed E-state index contributed by atoms with van der Waals surface area (Å²) in [6.07, 6.45) is 0.268. The highest BCUT2D eigenvalue weighted by molar-refractivity contribution is 7.89. The fraction of sp³-hybridized carbons (Fsp3) is 0.438. The van der Waals surface area contributed by atoms with E-state index in [0.29, 0.717) is 24.5 Å². The lowest BCUT2D eigenvalue weighted by Gasteiger charge is -2.21. The molecule has 0 unspecified atom stereocenters. The van der Waals surface area contributed by atoms with Crippen LogP contribution in [0.4, 0.5) is 0 Å². The van der Waals surface area contributed by atoms with Crippen LogP contribution in [0.2, 0.25) is 0 Å². The molecule has 132 valence electrons. The first-order valence-corrected chi connectivity index (χ1v) is 8.82. The summed E-state index contributed by atoms with van der Waals surface area (Å²) in [5.41, 5.74) is 0.675. The van der Waals surface area contributed by atoms with Crippen molar-refractivity contribution in [1.29, 1.82) is 0 Å². The maximum atomic E-state index is 12.8. The van der Waals surface area contributed by atoms with Gasteiger partial charge in [-0.05, 0) is 30.7 Å². The van der Waals surface area contributed by atoms with E-state index in [9.17, 15) is 13.2 Å². The fourth-order valence-electron chi connectivity index (χ4n) is 2.45. The Hall–Kier alpha value is -1.90. The lowest BCUT2D eigenvalue weighted by molar-refractivity contribution is -0.144. The summed E-state index contributed by atoms with van der Waals surface area (Å²) < 4.78 is 41.7. The van der Waals surface area contributed by atoms with E-state index in [-0.39, 0.29) is 17.9 Å². The van der Waals surface area contributed by atoms with Gasteiger partial charge in [0.25, 0.3) is 0 Å². The summed E-state index contributed by atoms with van der Waals surface area (Å²) in [6.45, 7) is 4.71. The van der Waals surface area contributed by atoms with Gasteiger partial charge in [0.2, 0.25) is 10.0 Å². The van der Waals surface area contributed by atoms with Gasteiger partial charge in [-0.3, -0.25) is 4.79 Å². The first-order valence-electron chi connectivity index (χ1n) is 7.38. The van der Waals surface area contributed by atoms with Gasteiger partial charge >= 0.3 is 5.97 Å². The third-order valence-corrected chi connectivity index (χ3v) is 5.54. The minimum Gasteiger partial charge on any atom is -0.491 e. The third kappa shape index (κ3) is 3.95. The van der Waals surface area contributed by atoms with Gasteiger partial charge in [-0.25, -0.2) is 8.42 Å². The number of sulfonamides is 1. The molecule has 0 saturated carbocycles. The van der Waals surface area contributed by atoms with E-state index in [1.54, 1.807) is 19.2 Å². The zero-order valence-corrected chi connectivity index (χ0v) is 14.5. The molecule has 1 aliphatic rings. The number of hydrogen-bond donors (Lipinski definition) is 0. The van der Waals surface area contributed by atoms with E-state index in [1.807, 2.05) is 0 Å². The van der Waals surface area contributed by atoms with E-state index in [4.69, 9.17) is 14.2 Å². The Morgan fingerprint density at radius 3 is 2.50 bits per heavy atom. The molecular formula is C16H21NO6S. The first-order chi connectivity index (χ1) is 11.4. The maximum Gasteiger partial charge on any atom is 0.324 e. The van der Waals surface area contributed by atoms with E-state index < -0.39 is 22.0 Å². The van der Waals surface area contributed by atoms with Crippen LogP contribution in [-0.4, -0.2) is 58.7 Å². The number of carbonyl (C=O) groups is 1. The molecule has 1 aromatic rings. The summed E-state index contributed by atoms with van der Waals surface area (Å²) >= 11 is 0. The van der Waals surface area contributed by atoms with Crippen molar-refractivity contribution in [2.24, 2.45) is 0 Å². The molecule has 8 heteroatoms. The molecule has 1 saturated heterocycles. The topological polar surface area (TPSA) is 82.1 Å². The molecule has 2 rings (SSSR count). The number of esters is 1. The lowest BCUT2D eigenvalue weighted by Crippen LogP contribution is -2.41. The van der Waals surface area contributed by atoms with Crippen molar-refractivity contribution in [3.05, 3.63) is 36.4 Å². The Balaban J connectivity index is 2.19. The number of rotatable bonds is 7. The zero-order chi connectivity index (χ0) is 17.7. The standard InChI is InChI=1S/C16H21NO6S/c1-12-10-15(16(18)22-3)17(11-12)24(19,20)14-6-4-13(5-7-14)23-9-8-21-2/h4-7,15H,1,8-11H2,2-3H3/t15-/m1/s1. The van der Waals surface area contributed by atoms with E-state index >= 15 is 0 Å². The fourth-order valence-corrected chi connectivity index (χ4v) is 4.04. The highest BCUT2D eigenvalue weighted by Crippen LogP contribution is 2.29. The summed E-state index contributed by atoms with van der Waals surface area (Å²) in [5.74, 6) is -0.0434. The van der Waals surface area contributed by atoms with Gasteiger partial charge in [0.15, 0.2) is 0 Å². The van der Waals surface area contributed by atoms with Crippen molar-refractivity contribution in [1.82, 2.24) is 4.31 Å². The minimum atomic E-state index is -3.83. The molecule has 1 fully saturated rings. The molecule has 0 N–H and O–H groups in total. The molecule has 0 aromatic heterocycles. The van der Waals surface area contributed by atoms with E-state index in [1.165, 1.54) is 19.2 Å². The van der Waals surface area contributed by atoms with Crippen molar-refractivity contribution < 1.29 is 27.4 Å². The van der Waals surface area contributed by atoms with Gasteiger partial charge in [0.05, 0.1) is 18.6 Å². The molecule has 0 radical (unpaired) electrons. The average molecular weight is 355 g/mol. The molecule has 1 aromatic carbocycles. The number of carbonyl (C=O) groups excluding carboxylic acids is 1. The third-order valence-electron chi connectivity index (χ3n) is 3.67. The van der Waals surface area contributed by atoms with Gasteiger partial charge in [0, 0.05) is 13.7 Å². The Morgan fingerprint density at radius 1 is 1.25 bits per heavy atom. The monoisotopic (exact) mass is 355 g/mol. The molecule has 1 atom stereocenters. The van der Waals surface area contributed by atoms with Crippen LogP contribution < -0.4 is 4.74 Å². The van der Waals surface area contributed by atoms with Gasteiger partial charge < -0.3 is 14.2 Å². The summed E-state index contributed by atoms with van der Waals surface area (Å²) in [5, 5.41) is 0. The largest absolute Gasteiger partial charge is 0.491 e. The normalized spacial score (nSPS) is 18.6. The molecule has 0 amide bonds. The van der Waals surface area contributed by atoms with Crippen LogP contribution in [0.5, 0.6) is 5.75 Å². The van der Waals surface area contributed by atoms with Crippen LogP contribution in [-0.2, 0) is 24.3 Å². The molecule has 1 heterocycles. The molecule has 0 spiro atoms. The quantitative estimate of drug-likeness (QED) is 0.415. The number of hydrogen-bond acceptors (Lipinski definition) is 6. The Morgan fingerprint density at radius 2 is 1.92 bits per heavy atom. The molecular weight excluding hydrogens is 334 g/mol. The highest BCUT2D eigenvalue weighted by Gasteiger charge is 2.41. The number of benzene rings is 1. The summed E-state index contributed by atoms with van der Waals surface area (Å²) in [7, 11) is -1.02. The molecule has 0 bridgehead atoms. The predicted molar refractivity (Wildman–Crippen MR) is 87.3 cm³/mol. The molecule has 24 heavy (non-hydrogen) atoms. The van der Waals surface area contributed by atoms with Crippen LogP contribution >= 0.6 is 0 Å². The van der Waals surface area contributed by atoms with Gasteiger partial charge in [0.1, 0.15) is 18.4 Å². The second kappa shape index (κ2) is 7.78. The number of methoxy groups -OCH3 is 2. The van der Waals surface area contributed by atoms with Crippen LogP contribution in [0.25, 0.3) is 0 Å². The zero-order valence-electron chi connectivity index (χ0n) is 13.7. The van der Waals surface area contributed by atoms with Crippen LogP contribution in [0.3, 0.4) is 0 Å². The highest BCUT2D eigenvalue weighted by atomic mass is 32.2. The summed E-state index contributed by atoms with van der Waals surface area (Å²) in [4.78, 5) is 11.9. The second-order valence-electron chi connectivity index (χ2n) is 5.36. The van der Waals surface area contributed by atoms with Gasteiger partial charge in [-0.1, -0.05) is 12.2 Å². The van der Waals surface area contributed by atoms with Crippen molar-refractivity contribution >= 4 is 16.0 Å². The first kappa shape index (κ1) is 18.4. The molecule has 7 nitrogen and oxygen atoms in total. The van der Waals surface area contributed by atoms with Crippen LogP contribution in [0.15, 0.2) is 41.3 Å². The molecule has 1 aliphatic heterocycles. The lowest BCUT2D eigenvalue weighted by atomic mass is 10.2. The summed E-state index contributed by atoms with van der Waals surface area (Å²) in [6, 6.07) is 5.17. The van der Waals surface area contributed by atoms with Gasteiger partial charge in [-0.15, -0.1) is 0 Å². The Kier molecular flexibility index (Phi) is 5.98. The Labute approximate surface area is 141 Å². The Bertz CT molecular complexity index is 698. The predicted octanol–water partition coefficient (Wildman–Crippen LogP) is 1.20. The molecule has 0 aliphatic carbocycles. The minimum absolute atomic E-state index is 0.0881. The van der Waals surface area contributed by atoms with E-state index in [0.717, 1.165) is 4.31 Å². The number of nitrogens with zero attached hydrogens (tertiary/aromatic N) is 1. The second-order valence-corrected chi connectivity index (χ2v) is 7.25. The SMILES string of the molecule is C=C1C[C@H](C(=O)OC)N(S(=O)(=O)c2ccc(OCCOC)cc2)C1.